The Kier molecular flexibility index (Phi) is 4.86. The number of hydrogen-bond acceptors (Lipinski definition) is 6. The molecule has 0 spiro atoms. The average molecular weight is 251 g/mol. The lowest BCUT2D eigenvalue weighted by atomic mass is 10.3. The largest absolute Gasteiger partial charge is 0.427 e. The molecule has 18 heavy (non-hydrogen) atoms. The number of esters is 3. The van der Waals surface area contributed by atoms with Crippen LogP contribution in [0.4, 0.5) is 5.69 Å². The summed E-state index contributed by atoms with van der Waals surface area (Å²) >= 11 is 0. The van der Waals surface area contributed by atoms with Crippen molar-refractivity contribution in [2.45, 2.75) is 13.8 Å². The number of carbonyl (C=O) groups excluding carboxylic acids is 3. The van der Waals surface area contributed by atoms with E-state index in [9.17, 15) is 14.4 Å². The lowest BCUT2D eigenvalue weighted by Gasteiger charge is -2.06. The van der Waals surface area contributed by atoms with Crippen LogP contribution in [0.1, 0.15) is 13.8 Å². The van der Waals surface area contributed by atoms with Gasteiger partial charge in [0.25, 0.3) is 0 Å². The number of ether oxygens (including phenoxy) is 2. The van der Waals surface area contributed by atoms with Gasteiger partial charge in [-0.2, -0.15) is 0 Å². The molecule has 1 aromatic carbocycles. The summed E-state index contributed by atoms with van der Waals surface area (Å²) in [6.45, 7) is 2.35. The number of hydrogen-bond donors (Lipinski definition) is 1. The van der Waals surface area contributed by atoms with E-state index >= 15 is 0 Å². The van der Waals surface area contributed by atoms with E-state index < -0.39 is 17.9 Å². The van der Waals surface area contributed by atoms with E-state index in [1.165, 1.54) is 6.92 Å². The molecule has 0 saturated carbocycles. The van der Waals surface area contributed by atoms with Gasteiger partial charge in [-0.3, -0.25) is 9.59 Å². The van der Waals surface area contributed by atoms with Crippen molar-refractivity contribution in [3.8, 4) is 5.75 Å². The maximum Gasteiger partial charge on any atom is 0.332 e. The molecular formula is C12H13NO5. The molecule has 6 nitrogen and oxygen atoms in total. The molecule has 0 heterocycles. The van der Waals surface area contributed by atoms with Crippen molar-refractivity contribution in [2.75, 3.05) is 11.9 Å². The number of nitrogens with one attached hydrogen (secondary N) is 1. The molecule has 1 aromatic rings. The fraction of sp³-hybridized carbons (Fsp3) is 0.250. The minimum absolute atomic E-state index is 0.119. The highest BCUT2D eigenvalue weighted by Gasteiger charge is 2.05. The molecule has 0 amide bonds. The molecule has 96 valence electrons. The van der Waals surface area contributed by atoms with Crippen LogP contribution >= 0.6 is 0 Å². The van der Waals surface area contributed by atoms with E-state index in [4.69, 9.17) is 4.74 Å². The van der Waals surface area contributed by atoms with Crippen molar-refractivity contribution < 1.29 is 23.9 Å². The lowest BCUT2D eigenvalue weighted by molar-refractivity contribution is -0.156. The summed E-state index contributed by atoms with van der Waals surface area (Å²) in [5.41, 5.74) is 0.645. The van der Waals surface area contributed by atoms with Gasteiger partial charge in [-0.05, 0) is 24.3 Å². The van der Waals surface area contributed by atoms with Gasteiger partial charge in [-0.1, -0.05) is 0 Å². The van der Waals surface area contributed by atoms with Gasteiger partial charge in [0.2, 0.25) is 0 Å². The third kappa shape index (κ3) is 5.11. The van der Waals surface area contributed by atoms with E-state index in [-0.39, 0.29) is 6.54 Å². The van der Waals surface area contributed by atoms with E-state index in [2.05, 4.69) is 10.1 Å². The second-order valence-electron chi connectivity index (χ2n) is 3.44. The molecule has 0 aliphatic carbocycles. The number of carbonyl (C=O) groups is 3. The van der Waals surface area contributed by atoms with Crippen LogP contribution in [-0.4, -0.2) is 24.5 Å². The molecule has 0 aliphatic rings. The molecule has 0 fully saturated rings. The Morgan fingerprint density at radius 3 is 2.17 bits per heavy atom. The first kappa shape index (κ1) is 13.7. The average Bonchev–Trinajstić information content (AvgIpc) is 2.26. The quantitative estimate of drug-likeness (QED) is 0.490. The van der Waals surface area contributed by atoms with Crippen LogP contribution in [0.15, 0.2) is 24.3 Å². The van der Waals surface area contributed by atoms with Crippen LogP contribution in [0.5, 0.6) is 5.75 Å². The lowest BCUT2D eigenvalue weighted by Crippen LogP contribution is -2.18. The summed E-state index contributed by atoms with van der Waals surface area (Å²) in [7, 11) is 0. The highest BCUT2D eigenvalue weighted by atomic mass is 16.6. The van der Waals surface area contributed by atoms with Crippen molar-refractivity contribution in [1.29, 1.82) is 0 Å². The highest BCUT2D eigenvalue weighted by molar-refractivity contribution is 5.86. The van der Waals surface area contributed by atoms with Gasteiger partial charge in [-0.25, -0.2) is 4.79 Å². The van der Waals surface area contributed by atoms with E-state index in [0.717, 1.165) is 6.92 Å². The van der Waals surface area contributed by atoms with Crippen LogP contribution in [0.25, 0.3) is 0 Å². The fourth-order valence-corrected chi connectivity index (χ4v) is 1.18. The summed E-state index contributed by atoms with van der Waals surface area (Å²) < 4.78 is 9.18. The Bertz CT molecular complexity index is 452. The van der Waals surface area contributed by atoms with Crippen LogP contribution in [0.2, 0.25) is 0 Å². The first-order valence-electron chi connectivity index (χ1n) is 5.21. The molecule has 0 saturated heterocycles. The third-order valence-corrected chi connectivity index (χ3v) is 1.81. The maximum absolute atomic E-state index is 11.1. The Hall–Kier alpha value is -2.37. The number of benzene rings is 1. The zero-order valence-corrected chi connectivity index (χ0v) is 10.1. The Morgan fingerprint density at radius 1 is 1.06 bits per heavy atom. The fourth-order valence-electron chi connectivity index (χ4n) is 1.18. The van der Waals surface area contributed by atoms with Crippen LogP contribution in [0, 0.1) is 0 Å². The standard InChI is InChI=1S/C12H13NO5/c1-8(14)17-11-5-3-10(4-6-11)13-7-12(16)18-9(2)15/h3-6,13H,7H2,1-2H3. The second kappa shape index (κ2) is 6.39. The summed E-state index contributed by atoms with van der Waals surface area (Å²) in [5.74, 6) is -1.29. The van der Waals surface area contributed by atoms with Crippen molar-refractivity contribution >= 4 is 23.6 Å². The van der Waals surface area contributed by atoms with Gasteiger partial charge in [-0.15, -0.1) is 0 Å². The maximum atomic E-state index is 11.1. The minimum atomic E-state index is -0.661. The summed E-state index contributed by atoms with van der Waals surface area (Å²) in [4.78, 5) is 32.2. The number of anilines is 1. The normalized spacial score (nSPS) is 9.44. The second-order valence-corrected chi connectivity index (χ2v) is 3.44. The zero-order valence-electron chi connectivity index (χ0n) is 10.1. The predicted molar refractivity (Wildman–Crippen MR) is 63.0 cm³/mol. The van der Waals surface area contributed by atoms with Crippen molar-refractivity contribution in [3.63, 3.8) is 0 Å². The van der Waals surface area contributed by atoms with Gasteiger partial charge in [0, 0.05) is 19.5 Å². The molecule has 0 unspecified atom stereocenters. The molecule has 0 bridgehead atoms. The first-order valence-corrected chi connectivity index (χ1v) is 5.21. The summed E-state index contributed by atoms with van der Waals surface area (Å²) in [6, 6.07) is 6.44. The summed E-state index contributed by atoms with van der Waals surface area (Å²) in [5, 5.41) is 2.76. The molecule has 1 N–H and O–H groups in total. The van der Waals surface area contributed by atoms with Gasteiger partial charge in [0.05, 0.1) is 0 Å². The van der Waals surface area contributed by atoms with Crippen molar-refractivity contribution in [3.05, 3.63) is 24.3 Å². The molecule has 0 atom stereocenters. The molecule has 0 aromatic heterocycles. The van der Waals surface area contributed by atoms with Crippen LogP contribution in [0.3, 0.4) is 0 Å². The Labute approximate surface area is 104 Å². The van der Waals surface area contributed by atoms with Gasteiger partial charge >= 0.3 is 17.9 Å². The Balaban J connectivity index is 2.46. The van der Waals surface area contributed by atoms with Gasteiger partial charge in [0.1, 0.15) is 12.3 Å². The summed E-state index contributed by atoms with van der Waals surface area (Å²) in [6.07, 6.45) is 0. The van der Waals surface area contributed by atoms with Gasteiger partial charge < -0.3 is 14.8 Å². The van der Waals surface area contributed by atoms with Crippen LogP contribution < -0.4 is 10.1 Å². The topological polar surface area (TPSA) is 81.7 Å². The first-order chi connectivity index (χ1) is 8.47. The van der Waals surface area contributed by atoms with E-state index in [0.29, 0.717) is 11.4 Å². The smallest absolute Gasteiger partial charge is 0.332 e. The predicted octanol–water partition coefficient (Wildman–Crippen LogP) is 1.11. The van der Waals surface area contributed by atoms with Crippen LogP contribution in [-0.2, 0) is 19.1 Å². The number of rotatable bonds is 4. The molecule has 1 rings (SSSR count). The Morgan fingerprint density at radius 2 is 1.67 bits per heavy atom. The molecule has 6 heteroatoms. The molecular weight excluding hydrogens is 238 g/mol. The minimum Gasteiger partial charge on any atom is -0.427 e. The van der Waals surface area contributed by atoms with Crippen molar-refractivity contribution in [1.82, 2.24) is 0 Å². The SMILES string of the molecule is CC(=O)OC(=O)CNc1ccc(OC(C)=O)cc1. The van der Waals surface area contributed by atoms with E-state index in [1.54, 1.807) is 24.3 Å². The van der Waals surface area contributed by atoms with E-state index in [1.807, 2.05) is 0 Å². The molecule has 0 aliphatic heterocycles. The monoisotopic (exact) mass is 251 g/mol. The third-order valence-electron chi connectivity index (χ3n) is 1.81. The zero-order chi connectivity index (χ0) is 13.5. The van der Waals surface area contributed by atoms with Gasteiger partial charge in [0.15, 0.2) is 0 Å². The van der Waals surface area contributed by atoms with Crippen molar-refractivity contribution in [2.24, 2.45) is 0 Å². The molecule has 0 radical (unpaired) electrons. The highest BCUT2D eigenvalue weighted by Crippen LogP contribution is 2.15.